The third-order valence-corrected chi connectivity index (χ3v) is 3.35. The third kappa shape index (κ3) is 3.02. The van der Waals surface area contributed by atoms with E-state index in [-0.39, 0.29) is 17.9 Å². The van der Waals surface area contributed by atoms with Gasteiger partial charge in [0.1, 0.15) is 6.04 Å². The molecule has 0 spiro atoms. The summed E-state index contributed by atoms with van der Waals surface area (Å²) in [6.45, 7) is 2.86. The molecular weight excluding hydrogens is 242 g/mol. The zero-order chi connectivity index (χ0) is 13.7. The second-order valence-electron chi connectivity index (χ2n) is 4.52. The lowest BCUT2D eigenvalue weighted by Crippen LogP contribution is -2.44. The summed E-state index contributed by atoms with van der Waals surface area (Å²) < 4.78 is 5.04. The van der Waals surface area contributed by atoms with Gasteiger partial charge in [0.15, 0.2) is 0 Å². The van der Waals surface area contributed by atoms with Crippen molar-refractivity contribution in [3.8, 4) is 6.07 Å². The van der Waals surface area contributed by atoms with Crippen molar-refractivity contribution in [2.45, 2.75) is 25.8 Å². The Kier molecular flexibility index (Phi) is 4.35. The Morgan fingerprint density at radius 2 is 2.53 bits per heavy atom. The minimum Gasteiger partial charge on any atom is -0.466 e. The fourth-order valence-corrected chi connectivity index (χ4v) is 2.39. The highest BCUT2D eigenvalue weighted by Crippen LogP contribution is 2.28. The first-order valence-electron chi connectivity index (χ1n) is 6.49. The molecule has 1 saturated heterocycles. The summed E-state index contributed by atoms with van der Waals surface area (Å²) in [5, 5.41) is 9.29. The van der Waals surface area contributed by atoms with E-state index < -0.39 is 0 Å². The standard InChI is InChI=1S/C14H17N3O2/c1-2-19-14(18)11-5-7-17(13(8-11)9-15)12-4-3-6-16-10-12/h3-4,6,10-11,13H,2,5,7-8H2,1H3. The third-order valence-electron chi connectivity index (χ3n) is 3.35. The maximum absolute atomic E-state index is 11.7. The van der Waals surface area contributed by atoms with Crippen molar-refractivity contribution in [3.05, 3.63) is 24.5 Å². The number of nitrogens with zero attached hydrogens (tertiary/aromatic N) is 3. The van der Waals surface area contributed by atoms with Gasteiger partial charge in [-0.2, -0.15) is 5.26 Å². The van der Waals surface area contributed by atoms with Gasteiger partial charge in [-0.15, -0.1) is 0 Å². The van der Waals surface area contributed by atoms with Crippen molar-refractivity contribution >= 4 is 11.7 Å². The van der Waals surface area contributed by atoms with Gasteiger partial charge in [0.25, 0.3) is 0 Å². The fourth-order valence-electron chi connectivity index (χ4n) is 2.39. The van der Waals surface area contributed by atoms with E-state index in [0.717, 1.165) is 5.69 Å². The molecule has 0 amide bonds. The normalized spacial score (nSPS) is 22.6. The summed E-state index contributed by atoms with van der Waals surface area (Å²) in [4.78, 5) is 17.8. The first kappa shape index (κ1) is 13.3. The van der Waals surface area contributed by atoms with Crippen LogP contribution in [0.1, 0.15) is 19.8 Å². The molecule has 2 unspecified atom stereocenters. The van der Waals surface area contributed by atoms with Crippen LogP contribution in [0.3, 0.4) is 0 Å². The lowest BCUT2D eigenvalue weighted by molar-refractivity contribution is -0.148. The molecule has 0 aromatic carbocycles. The van der Waals surface area contributed by atoms with Crippen LogP contribution in [0.25, 0.3) is 0 Å². The number of pyridine rings is 1. The molecule has 1 aromatic rings. The number of carbonyl (C=O) groups excluding carboxylic acids is 1. The van der Waals surface area contributed by atoms with Gasteiger partial charge in [-0.3, -0.25) is 9.78 Å². The van der Waals surface area contributed by atoms with Crippen molar-refractivity contribution in [1.29, 1.82) is 5.26 Å². The Morgan fingerprint density at radius 1 is 1.68 bits per heavy atom. The molecule has 0 aliphatic carbocycles. The smallest absolute Gasteiger partial charge is 0.309 e. The maximum Gasteiger partial charge on any atom is 0.309 e. The van der Waals surface area contributed by atoms with E-state index in [2.05, 4.69) is 11.1 Å². The summed E-state index contributed by atoms with van der Waals surface area (Å²) in [5.41, 5.74) is 0.927. The molecule has 2 rings (SSSR count). The van der Waals surface area contributed by atoms with Crippen molar-refractivity contribution in [2.24, 2.45) is 5.92 Å². The lowest BCUT2D eigenvalue weighted by atomic mass is 9.91. The van der Waals surface area contributed by atoms with E-state index in [1.165, 1.54) is 0 Å². The van der Waals surface area contributed by atoms with Crippen LogP contribution in [-0.4, -0.2) is 30.1 Å². The van der Waals surface area contributed by atoms with Crippen LogP contribution in [0.4, 0.5) is 5.69 Å². The Labute approximate surface area is 112 Å². The second kappa shape index (κ2) is 6.19. The lowest BCUT2D eigenvalue weighted by Gasteiger charge is -2.36. The van der Waals surface area contributed by atoms with Gasteiger partial charge < -0.3 is 9.64 Å². The molecule has 0 bridgehead atoms. The van der Waals surface area contributed by atoms with Crippen LogP contribution in [0.15, 0.2) is 24.5 Å². The van der Waals surface area contributed by atoms with E-state index in [4.69, 9.17) is 4.74 Å². The summed E-state index contributed by atoms with van der Waals surface area (Å²) in [7, 11) is 0. The molecule has 2 heterocycles. The molecule has 1 fully saturated rings. The molecule has 19 heavy (non-hydrogen) atoms. The van der Waals surface area contributed by atoms with Crippen LogP contribution in [0, 0.1) is 17.2 Å². The molecular formula is C14H17N3O2. The summed E-state index contributed by atoms with van der Waals surface area (Å²) >= 11 is 0. The number of hydrogen-bond acceptors (Lipinski definition) is 5. The van der Waals surface area contributed by atoms with Gasteiger partial charge >= 0.3 is 5.97 Å². The quantitative estimate of drug-likeness (QED) is 0.774. The molecule has 0 saturated carbocycles. The average molecular weight is 259 g/mol. The highest BCUT2D eigenvalue weighted by molar-refractivity contribution is 5.73. The summed E-state index contributed by atoms with van der Waals surface area (Å²) in [6, 6.07) is 5.75. The van der Waals surface area contributed by atoms with E-state index in [1.54, 1.807) is 19.3 Å². The number of carbonyl (C=O) groups is 1. The van der Waals surface area contributed by atoms with Gasteiger partial charge in [0.05, 0.1) is 30.5 Å². The molecule has 0 radical (unpaired) electrons. The Bertz CT molecular complexity index is 469. The highest BCUT2D eigenvalue weighted by atomic mass is 16.5. The summed E-state index contributed by atoms with van der Waals surface area (Å²) in [5.74, 6) is -0.355. The minimum atomic E-state index is -0.299. The predicted octanol–water partition coefficient (Wildman–Crippen LogP) is 1.75. The number of rotatable bonds is 3. The van der Waals surface area contributed by atoms with Crippen LogP contribution in [-0.2, 0) is 9.53 Å². The number of nitriles is 1. The zero-order valence-electron chi connectivity index (χ0n) is 11.0. The predicted molar refractivity (Wildman–Crippen MR) is 70.3 cm³/mol. The molecule has 5 heteroatoms. The van der Waals surface area contributed by atoms with Gasteiger partial charge in [0.2, 0.25) is 0 Å². The number of esters is 1. The van der Waals surface area contributed by atoms with Crippen molar-refractivity contribution in [3.63, 3.8) is 0 Å². The van der Waals surface area contributed by atoms with E-state index >= 15 is 0 Å². The fraction of sp³-hybridized carbons (Fsp3) is 0.500. The van der Waals surface area contributed by atoms with Crippen molar-refractivity contribution < 1.29 is 9.53 Å². The number of piperidine rings is 1. The average Bonchev–Trinajstić information content (AvgIpc) is 2.47. The number of hydrogen-bond donors (Lipinski definition) is 0. The molecule has 2 atom stereocenters. The molecule has 5 nitrogen and oxygen atoms in total. The SMILES string of the molecule is CCOC(=O)C1CCN(c2cccnc2)C(C#N)C1. The van der Waals surface area contributed by atoms with E-state index in [0.29, 0.717) is 26.0 Å². The Hall–Kier alpha value is -2.09. The number of ether oxygens (including phenoxy) is 1. The van der Waals surface area contributed by atoms with Crippen LogP contribution < -0.4 is 4.90 Å². The number of aromatic nitrogens is 1. The van der Waals surface area contributed by atoms with Gasteiger partial charge in [-0.1, -0.05) is 0 Å². The monoisotopic (exact) mass is 259 g/mol. The largest absolute Gasteiger partial charge is 0.466 e. The summed E-state index contributed by atoms with van der Waals surface area (Å²) in [6.07, 6.45) is 4.68. The van der Waals surface area contributed by atoms with Gasteiger partial charge in [0, 0.05) is 12.7 Å². The van der Waals surface area contributed by atoms with E-state index in [1.807, 2.05) is 17.0 Å². The first-order valence-corrected chi connectivity index (χ1v) is 6.49. The topological polar surface area (TPSA) is 66.2 Å². The molecule has 0 N–H and O–H groups in total. The van der Waals surface area contributed by atoms with Crippen LogP contribution in [0.2, 0.25) is 0 Å². The number of anilines is 1. The zero-order valence-corrected chi connectivity index (χ0v) is 11.0. The maximum atomic E-state index is 11.7. The van der Waals surface area contributed by atoms with Crippen molar-refractivity contribution in [2.75, 3.05) is 18.1 Å². The van der Waals surface area contributed by atoms with Gasteiger partial charge in [-0.05, 0) is 31.9 Å². The Balaban J connectivity index is 2.07. The minimum absolute atomic E-state index is 0.169. The molecule has 1 aromatic heterocycles. The second-order valence-corrected chi connectivity index (χ2v) is 4.52. The molecule has 1 aliphatic rings. The molecule has 1 aliphatic heterocycles. The Morgan fingerprint density at radius 3 is 3.16 bits per heavy atom. The van der Waals surface area contributed by atoms with Crippen LogP contribution >= 0.6 is 0 Å². The van der Waals surface area contributed by atoms with Gasteiger partial charge in [-0.25, -0.2) is 0 Å². The molecule has 100 valence electrons. The van der Waals surface area contributed by atoms with Crippen molar-refractivity contribution in [1.82, 2.24) is 4.98 Å². The van der Waals surface area contributed by atoms with Crippen LogP contribution in [0.5, 0.6) is 0 Å². The highest BCUT2D eigenvalue weighted by Gasteiger charge is 2.33. The van der Waals surface area contributed by atoms with E-state index in [9.17, 15) is 10.1 Å². The first-order chi connectivity index (χ1) is 9.26.